The van der Waals surface area contributed by atoms with Crippen LogP contribution >= 0.6 is 11.6 Å². The van der Waals surface area contributed by atoms with E-state index >= 15 is 0 Å². The quantitative estimate of drug-likeness (QED) is 0.433. The average molecular weight is 553 g/mol. The summed E-state index contributed by atoms with van der Waals surface area (Å²) in [7, 11) is 0. The number of amides is 2. The van der Waals surface area contributed by atoms with E-state index in [1.165, 1.54) is 38.5 Å². The average Bonchev–Trinajstić information content (AvgIpc) is 2.97. The summed E-state index contributed by atoms with van der Waals surface area (Å²) in [4.78, 5) is 31.7. The molecule has 2 N–H and O–H groups in total. The monoisotopic (exact) mass is 552 g/mol. The minimum atomic E-state index is -0.636. The van der Waals surface area contributed by atoms with E-state index < -0.39 is 12.1 Å². The van der Waals surface area contributed by atoms with Gasteiger partial charge in [-0.2, -0.15) is 0 Å². The van der Waals surface area contributed by atoms with Gasteiger partial charge in [-0.15, -0.1) is 0 Å². The molecular weight excluding hydrogens is 508 g/mol. The molecule has 3 unspecified atom stereocenters. The van der Waals surface area contributed by atoms with Crippen LogP contribution in [0, 0.1) is 5.92 Å². The molecule has 212 valence electrons. The van der Waals surface area contributed by atoms with E-state index in [0.29, 0.717) is 43.5 Å². The van der Waals surface area contributed by atoms with Gasteiger partial charge >= 0.3 is 0 Å². The Morgan fingerprint density at radius 1 is 1.05 bits per heavy atom. The van der Waals surface area contributed by atoms with Gasteiger partial charge in [-0.05, 0) is 54.5 Å². The first-order valence-corrected chi connectivity index (χ1v) is 15.0. The molecule has 1 aromatic rings. The van der Waals surface area contributed by atoms with Gasteiger partial charge in [0.1, 0.15) is 6.04 Å². The molecule has 2 amide bonds. The Labute approximate surface area is 239 Å². The Morgan fingerprint density at radius 3 is 2.36 bits per heavy atom. The second-order valence-electron chi connectivity index (χ2n) is 11.4. The molecule has 0 radical (unpaired) electrons. The van der Waals surface area contributed by atoms with Gasteiger partial charge in [0, 0.05) is 50.2 Å². The first kappa shape index (κ1) is 29.6. The maximum absolute atomic E-state index is 13.8. The lowest BCUT2D eigenvalue weighted by Gasteiger charge is -2.40. The second kappa shape index (κ2) is 14.3. The molecule has 1 saturated carbocycles. The number of nitrogens with one attached hydrogen (secondary N) is 2. The molecule has 39 heavy (non-hydrogen) atoms. The largest absolute Gasteiger partial charge is 0.343 e. The Balaban J connectivity index is 1.39. The van der Waals surface area contributed by atoms with Gasteiger partial charge in [0.2, 0.25) is 11.8 Å². The van der Waals surface area contributed by atoms with E-state index in [4.69, 9.17) is 11.6 Å². The van der Waals surface area contributed by atoms with Gasteiger partial charge < -0.3 is 15.5 Å². The zero-order valence-corrected chi connectivity index (χ0v) is 24.2. The Hall–Kier alpha value is -2.41. The molecule has 1 aromatic carbocycles. The lowest BCUT2D eigenvalue weighted by molar-refractivity contribution is -0.138. The minimum Gasteiger partial charge on any atom is -0.343 e. The number of allylic oxidation sites excluding steroid dienone is 1. The van der Waals surface area contributed by atoms with Gasteiger partial charge in [0.05, 0.1) is 6.04 Å². The highest BCUT2D eigenvalue weighted by molar-refractivity contribution is 6.30. The van der Waals surface area contributed by atoms with Crippen molar-refractivity contribution in [3.63, 3.8) is 0 Å². The third-order valence-corrected chi connectivity index (χ3v) is 9.05. The highest BCUT2D eigenvalue weighted by atomic mass is 35.5. The van der Waals surface area contributed by atoms with Gasteiger partial charge in [0.15, 0.2) is 0 Å². The van der Waals surface area contributed by atoms with Crippen LogP contribution in [0.15, 0.2) is 60.7 Å². The van der Waals surface area contributed by atoms with Crippen LogP contribution in [0.4, 0.5) is 0 Å². The minimum absolute atomic E-state index is 0.0139. The summed E-state index contributed by atoms with van der Waals surface area (Å²) < 4.78 is 0. The molecule has 1 saturated heterocycles. The molecule has 0 aromatic heterocycles. The summed E-state index contributed by atoms with van der Waals surface area (Å²) in [5, 5.41) is 7.03. The fourth-order valence-electron chi connectivity index (χ4n) is 6.36. The van der Waals surface area contributed by atoms with Crippen molar-refractivity contribution in [1.29, 1.82) is 0 Å². The number of carbonyl (C=O) groups is 2. The van der Waals surface area contributed by atoms with E-state index in [1.54, 1.807) is 12.2 Å². The first-order chi connectivity index (χ1) is 18.9. The van der Waals surface area contributed by atoms with Crippen LogP contribution in [-0.4, -0.2) is 72.5 Å². The summed E-state index contributed by atoms with van der Waals surface area (Å²) in [6, 6.07) is 6.99. The smallest absolute Gasteiger partial charge is 0.245 e. The number of benzene rings is 1. The fraction of sp³-hybridized carbons (Fsp3) is 0.562. The molecule has 1 aliphatic carbocycles. The number of halogens is 1. The molecule has 0 bridgehead atoms. The van der Waals surface area contributed by atoms with Crippen molar-refractivity contribution in [2.24, 2.45) is 5.92 Å². The fourth-order valence-corrected chi connectivity index (χ4v) is 6.49. The van der Waals surface area contributed by atoms with Gasteiger partial charge in [-0.3, -0.25) is 14.5 Å². The molecule has 2 heterocycles. The highest BCUT2D eigenvalue weighted by Gasteiger charge is 2.33. The lowest BCUT2D eigenvalue weighted by atomic mass is 9.85. The zero-order valence-electron chi connectivity index (χ0n) is 23.5. The molecule has 4 rings (SSSR count). The molecule has 2 aliphatic heterocycles. The third-order valence-electron chi connectivity index (χ3n) is 8.80. The summed E-state index contributed by atoms with van der Waals surface area (Å²) in [5.41, 5.74) is 3.04. The van der Waals surface area contributed by atoms with Gasteiger partial charge in [-0.25, -0.2) is 0 Å². The van der Waals surface area contributed by atoms with Crippen LogP contribution in [0.25, 0.3) is 0 Å². The summed E-state index contributed by atoms with van der Waals surface area (Å²) in [6.07, 6.45) is 12.7. The predicted octanol–water partition coefficient (Wildman–Crippen LogP) is 4.90. The maximum atomic E-state index is 13.8. The topological polar surface area (TPSA) is 64.7 Å². The molecular formula is C32H45ClN4O2. The number of nitrogens with zero attached hydrogens (tertiary/aromatic N) is 2. The van der Waals surface area contributed by atoms with E-state index in [9.17, 15) is 9.59 Å². The van der Waals surface area contributed by atoms with Crippen molar-refractivity contribution in [3.8, 4) is 0 Å². The standard InChI is InChI=1S/C32H45ClN4O2/c1-4-26-21-29(34-22-27(26)5-2)31(38)35-30(20-25-11-13-28(33)14-12-25)32(39)37-17-15-36(16-18-37)23(3)19-24-9-7-6-8-10-24/h4-5,11-14,23-24,29-30,34H,1-2,6-10,15-22H2,3H3,(H,35,38). The zero-order chi connectivity index (χ0) is 27.8. The van der Waals surface area contributed by atoms with Crippen molar-refractivity contribution in [3.05, 3.63) is 71.3 Å². The number of carbonyl (C=O) groups excluding carboxylic acids is 2. The van der Waals surface area contributed by atoms with Gasteiger partial charge in [0.25, 0.3) is 0 Å². The summed E-state index contributed by atoms with van der Waals surface area (Å²) in [6.45, 7) is 13.8. The molecule has 3 aliphatic rings. The van der Waals surface area contributed by atoms with E-state index in [0.717, 1.165) is 35.7 Å². The molecule has 7 heteroatoms. The van der Waals surface area contributed by atoms with Crippen LogP contribution in [0.1, 0.15) is 57.4 Å². The molecule has 3 atom stereocenters. The normalized spacial score (nSPS) is 22.7. The van der Waals surface area contributed by atoms with E-state index in [-0.39, 0.29) is 11.8 Å². The summed E-state index contributed by atoms with van der Waals surface area (Å²) >= 11 is 6.09. The number of hydrogen-bond donors (Lipinski definition) is 2. The van der Waals surface area contributed by atoms with Crippen LogP contribution < -0.4 is 10.6 Å². The highest BCUT2D eigenvalue weighted by Crippen LogP contribution is 2.29. The lowest BCUT2D eigenvalue weighted by Crippen LogP contribution is -2.58. The Kier molecular flexibility index (Phi) is 10.8. The van der Waals surface area contributed by atoms with Crippen molar-refractivity contribution in [1.82, 2.24) is 20.4 Å². The van der Waals surface area contributed by atoms with Crippen molar-refractivity contribution >= 4 is 23.4 Å². The molecule has 2 fully saturated rings. The van der Waals surface area contributed by atoms with Crippen LogP contribution in [0.2, 0.25) is 5.02 Å². The Morgan fingerprint density at radius 2 is 1.72 bits per heavy atom. The number of hydrogen-bond acceptors (Lipinski definition) is 4. The molecule has 0 spiro atoms. The summed E-state index contributed by atoms with van der Waals surface area (Å²) in [5.74, 6) is 0.671. The van der Waals surface area contributed by atoms with Gasteiger partial charge in [-0.1, -0.05) is 81.1 Å². The first-order valence-electron chi connectivity index (χ1n) is 14.7. The van der Waals surface area contributed by atoms with Crippen molar-refractivity contribution in [2.45, 2.75) is 76.4 Å². The maximum Gasteiger partial charge on any atom is 0.245 e. The van der Waals surface area contributed by atoms with Crippen molar-refractivity contribution in [2.75, 3.05) is 32.7 Å². The van der Waals surface area contributed by atoms with Crippen LogP contribution in [0.5, 0.6) is 0 Å². The van der Waals surface area contributed by atoms with E-state index in [1.807, 2.05) is 29.2 Å². The third kappa shape index (κ3) is 8.06. The van der Waals surface area contributed by atoms with Crippen LogP contribution in [-0.2, 0) is 16.0 Å². The van der Waals surface area contributed by atoms with Crippen LogP contribution in [0.3, 0.4) is 0 Å². The number of piperazine rings is 1. The number of rotatable bonds is 10. The molecule has 6 nitrogen and oxygen atoms in total. The SMILES string of the molecule is C=CC1=C(C=C)CC(C(=O)NC(Cc2ccc(Cl)cc2)C(=O)N2CCN(C(C)CC3CCCCC3)CC2)NC1. The van der Waals surface area contributed by atoms with Crippen molar-refractivity contribution < 1.29 is 9.59 Å². The Bertz CT molecular complexity index is 1040. The predicted molar refractivity (Wildman–Crippen MR) is 160 cm³/mol. The van der Waals surface area contributed by atoms with E-state index in [2.05, 4.69) is 35.6 Å². The second-order valence-corrected chi connectivity index (χ2v) is 11.9.